The van der Waals surface area contributed by atoms with Crippen LogP contribution in [0.4, 0.5) is 0 Å². The summed E-state index contributed by atoms with van der Waals surface area (Å²) in [4.78, 5) is 11.0. The molecule has 1 amide bonds. The van der Waals surface area contributed by atoms with Gasteiger partial charge in [-0.3, -0.25) is 4.79 Å². The Balaban J connectivity index is 2.23. The summed E-state index contributed by atoms with van der Waals surface area (Å²) in [5.41, 5.74) is 11.1. The fourth-order valence-corrected chi connectivity index (χ4v) is 1.79. The van der Waals surface area contributed by atoms with Crippen molar-refractivity contribution in [3.63, 3.8) is 0 Å². The van der Waals surface area contributed by atoms with Gasteiger partial charge in [0.25, 0.3) is 0 Å². The zero-order valence-electron chi connectivity index (χ0n) is 12.0. The highest BCUT2D eigenvalue weighted by molar-refractivity contribution is 5.83. The molecule has 1 aromatic rings. The fourth-order valence-electron chi connectivity index (χ4n) is 1.79. The average molecular weight is 280 g/mol. The van der Waals surface area contributed by atoms with Crippen LogP contribution in [0.25, 0.3) is 0 Å². The highest BCUT2D eigenvalue weighted by Gasteiger charge is 2.24. The molecule has 0 bridgehead atoms. The van der Waals surface area contributed by atoms with Gasteiger partial charge in [0.2, 0.25) is 5.91 Å². The van der Waals surface area contributed by atoms with Gasteiger partial charge in [-0.15, -0.1) is 0 Å². The zero-order chi connectivity index (χ0) is 15.0. The number of primary amides is 1. The van der Waals surface area contributed by atoms with Crippen molar-refractivity contribution in [2.45, 2.75) is 38.1 Å². The standard InChI is InChI=1S/C15H24N2O3/c1-15(17,14(16)19)9-2-3-11-20-13-6-4-12(5-7-13)8-10-18/h4-7,18H,2-3,8-11,17H2,1H3,(H2,16,19). The Hall–Kier alpha value is -1.59. The van der Waals surface area contributed by atoms with Crippen LogP contribution < -0.4 is 16.2 Å². The van der Waals surface area contributed by atoms with Gasteiger partial charge < -0.3 is 21.3 Å². The van der Waals surface area contributed by atoms with E-state index >= 15 is 0 Å². The second kappa shape index (κ2) is 7.87. The van der Waals surface area contributed by atoms with Crippen molar-refractivity contribution in [1.29, 1.82) is 0 Å². The molecule has 5 N–H and O–H groups in total. The lowest BCUT2D eigenvalue weighted by Crippen LogP contribution is -2.49. The van der Waals surface area contributed by atoms with Gasteiger partial charge >= 0.3 is 0 Å². The molecule has 20 heavy (non-hydrogen) atoms. The van der Waals surface area contributed by atoms with Crippen molar-refractivity contribution in [3.05, 3.63) is 29.8 Å². The molecule has 1 unspecified atom stereocenters. The second-order valence-corrected chi connectivity index (χ2v) is 5.20. The summed E-state index contributed by atoms with van der Waals surface area (Å²) in [7, 11) is 0. The van der Waals surface area contributed by atoms with E-state index in [0.717, 1.165) is 24.2 Å². The quantitative estimate of drug-likeness (QED) is 0.587. The van der Waals surface area contributed by atoms with E-state index in [2.05, 4.69) is 0 Å². The Morgan fingerprint density at radius 1 is 1.30 bits per heavy atom. The van der Waals surface area contributed by atoms with Crippen molar-refractivity contribution in [3.8, 4) is 5.75 Å². The number of rotatable bonds is 9. The van der Waals surface area contributed by atoms with Crippen molar-refractivity contribution in [2.75, 3.05) is 13.2 Å². The number of amides is 1. The number of carbonyl (C=O) groups is 1. The molecule has 0 saturated carbocycles. The van der Waals surface area contributed by atoms with E-state index in [1.165, 1.54) is 0 Å². The van der Waals surface area contributed by atoms with Crippen LogP contribution in [0.15, 0.2) is 24.3 Å². The molecular formula is C15H24N2O3. The van der Waals surface area contributed by atoms with Gasteiger partial charge in [0.05, 0.1) is 12.1 Å². The third-order valence-corrected chi connectivity index (χ3v) is 3.25. The molecule has 0 fully saturated rings. The lowest BCUT2D eigenvalue weighted by atomic mass is 9.96. The number of carbonyl (C=O) groups excluding carboxylic acids is 1. The van der Waals surface area contributed by atoms with Gasteiger partial charge in [0, 0.05) is 6.61 Å². The molecule has 1 rings (SSSR count). The maximum atomic E-state index is 11.0. The van der Waals surface area contributed by atoms with E-state index in [1.807, 2.05) is 24.3 Å². The minimum Gasteiger partial charge on any atom is -0.494 e. The average Bonchev–Trinajstić information content (AvgIpc) is 2.40. The Labute approximate surface area is 119 Å². The molecule has 5 nitrogen and oxygen atoms in total. The van der Waals surface area contributed by atoms with Crippen LogP contribution in [0.3, 0.4) is 0 Å². The summed E-state index contributed by atoms with van der Waals surface area (Å²) in [6.45, 7) is 2.38. The summed E-state index contributed by atoms with van der Waals surface area (Å²) in [5.74, 6) is 0.329. The van der Waals surface area contributed by atoms with Crippen LogP contribution in [-0.2, 0) is 11.2 Å². The summed E-state index contributed by atoms with van der Waals surface area (Å²) < 4.78 is 5.59. The molecule has 0 aliphatic heterocycles. The minimum absolute atomic E-state index is 0.151. The summed E-state index contributed by atoms with van der Waals surface area (Å²) in [6, 6.07) is 7.66. The second-order valence-electron chi connectivity index (χ2n) is 5.20. The first kappa shape index (κ1) is 16.5. The van der Waals surface area contributed by atoms with Crippen LogP contribution in [0.5, 0.6) is 5.75 Å². The van der Waals surface area contributed by atoms with Crippen molar-refractivity contribution in [2.24, 2.45) is 11.5 Å². The first-order valence-electron chi connectivity index (χ1n) is 6.87. The number of ether oxygens (including phenoxy) is 1. The largest absolute Gasteiger partial charge is 0.494 e. The Morgan fingerprint density at radius 3 is 2.50 bits per heavy atom. The maximum absolute atomic E-state index is 11.0. The monoisotopic (exact) mass is 280 g/mol. The van der Waals surface area contributed by atoms with Crippen molar-refractivity contribution >= 4 is 5.91 Å². The highest BCUT2D eigenvalue weighted by Crippen LogP contribution is 2.14. The molecule has 0 aliphatic carbocycles. The summed E-state index contributed by atoms with van der Waals surface area (Å²) >= 11 is 0. The van der Waals surface area contributed by atoms with Crippen molar-refractivity contribution < 1.29 is 14.6 Å². The molecule has 1 atom stereocenters. The van der Waals surface area contributed by atoms with Gasteiger partial charge in [-0.2, -0.15) is 0 Å². The molecule has 0 heterocycles. The number of unbranched alkanes of at least 4 members (excludes halogenated alkanes) is 1. The molecule has 0 aliphatic rings. The Morgan fingerprint density at radius 2 is 1.95 bits per heavy atom. The summed E-state index contributed by atoms with van der Waals surface area (Å²) in [6.07, 6.45) is 2.82. The topological polar surface area (TPSA) is 98.6 Å². The lowest BCUT2D eigenvalue weighted by Gasteiger charge is -2.19. The molecule has 0 saturated heterocycles. The van der Waals surface area contributed by atoms with Crippen molar-refractivity contribution in [1.82, 2.24) is 0 Å². The molecule has 0 aromatic heterocycles. The van der Waals surface area contributed by atoms with Gasteiger partial charge in [-0.05, 0) is 50.3 Å². The van der Waals surface area contributed by atoms with E-state index < -0.39 is 11.4 Å². The molecule has 0 radical (unpaired) electrons. The third kappa shape index (κ3) is 5.59. The van der Waals surface area contributed by atoms with Gasteiger partial charge in [-0.25, -0.2) is 0 Å². The maximum Gasteiger partial charge on any atom is 0.237 e. The lowest BCUT2D eigenvalue weighted by molar-refractivity contribution is -0.122. The predicted molar refractivity (Wildman–Crippen MR) is 78.4 cm³/mol. The number of aliphatic hydroxyl groups excluding tert-OH is 1. The van der Waals surface area contributed by atoms with Gasteiger partial charge in [0.15, 0.2) is 0 Å². The number of benzene rings is 1. The zero-order valence-corrected chi connectivity index (χ0v) is 12.0. The molecule has 5 heteroatoms. The molecular weight excluding hydrogens is 256 g/mol. The first-order valence-corrected chi connectivity index (χ1v) is 6.87. The smallest absolute Gasteiger partial charge is 0.237 e. The number of aliphatic hydroxyl groups is 1. The minimum atomic E-state index is -0.939. The number of hydrogen-bond donors (Lipinski definition) is 3. The predicted octanol–water partition coefficient (Wildman–Crippen LogP) is 0.973. The first-order chi connectivity index (χ1) is 9.45. The van der Waals surface area contributed by atoms with Gasteiger partial charge in [-0.1, -0.05) is 12.1 Å². The normalized spacial score (nSPS) is 13.8. The SMILES string of the molecule is CC(N)(CCCCOc1ccc(CCO)cc1)C(N)=O. The van der Waals surface area contributed by atoms with Crippen LogP contribution in [0.1, 0.15) is 31.7 Å². The fraction of sp³-hybridized carbons (Fsp3) is 0.533. The van der Waals surface area contributed by atoms with E-state index in [4.69, 9.17) is 21.3 Å². The third-order valence-electron chi connectivity index (χ3n) is 3.25. The number of nitrogens with two attached hydrogens (primary N) is 2. The van der Waals surface area contributed by atoms with E-state index in [1.54, 1.807) is 6.92 Å². The molecule has 1 aromatic carbocycles. The molecule has 0 spiro atoms. The molecule has 112 valence electrons. The van der Waals surface area contributed by atoms with Crippen LogP contribution in [0, 0.1) is 0 Å². The highest BCUT2D eigenvalue weighted by atomic mass is 16.5. The Kier molecular flexibility index (Phi) is 6.48. The summed E-state index contributed by atoms with van der Waals surface area (Å²) in [5, 5.41) is 8.82. The van der Waals surface area contributed by atoms with E-state index in [-0.39, 0.29) is 6.61 Å². The van der Waals surface area contributed by atoms with Crippen LogP contribution in [0.2, 0.25) is 0 Å². The van der Waals surface area contributed by atoms with Gasteiger partial charge in [0.1, 0.15) is 5.75 Å². The number of hydrogen-bond acceptors (Lipinski definition) is 4. The van der Waals surface area contributed by atoms with Crippen LogP contribution >= 0.6 is 0 Å². The van der Waals surface area contributed by atoms with E-state index in [9.17, 15) is 4.79 Å². The van der Waals surface area contributed by atoms with Crippen LogP contribution in [-0.4, -0.2) is 29.8 Å². The van der Waals surface area contributed by atoms with E-state index in [0.29, 0.717) is 19.4 Å². The Bertz CT molecular complexity index is 416.